The highest BCUT2D eigenvalue weighted by Gasteiger charge is 2.38. The molecule has 1 unspecified atom stereocenters. The predicted octanol–water partition coefficient (Wildman–Crippen LogP) is 4.28. The maximum Gasteiger partial charge on any atom is 0.471 e. The van der Waals surface area contributed by atoms with Gasteiger partial charge in [-0.3, -0.25) is 4.79 Å². The number of aryl methyl sites for hydroxylation is 1. The first-order valence-electron chi connectivity index (χ1n) is 11.0. The second kappa shape index (κ2) is 10.1. The number of hydrogen-bond donors (Lipinski definition) is 2. The summed E-state index contributed by atoms with van der Waals surface area (Å²) < 4.78 is 42.2. The molecule has 1 aliphatic heterocycles. The van der Waals surface area contributed by atoms with E-state index in [2.05, 4.69) is 30.3 Å². The van der Waals surface area contributed by atoms with Crippen LogP contribution in [0.1, 0.15) is 41.3 Å². The van der Waals surface area contributed by atoms with Crippen molar-refractivity contribution in [2.24, 2.45) is 0 Å². The number of carbonyl (C=O) groups excluding carboxylic acids is 2. The minimum Gasteiger partial charge on any atom is -0.349 e. The number of anilines is 1. The summed E-state index contributed by atoms with van der Waals surface area (Å²) in [6, 6.07) is 10.8. The zero-order valence-corrected chi connectivity index (χ0v) is 18.8. The number of nitrogens with zero attached hydrogens (tertiary/aromatic N) is 4. The number of amides is 3. The number of halogens is 3. The van der Waals surface area contributed by atoms with Crippen LogP contribution in [-0.2, 0) is 6.18 Å². The van der Waals surface area contributed by atoms with E-state index in [1.165, 1.54) is 12.1 Å². The van der Waals surface area contributed by atoms with Gasteiger partial charge in [0.15, 0.2) is 0 Å². The van der Waals surface area contributed by atoms with E-state index < -0.39 is 12.1 Å². The maximum atomic E-state index is 12.9. The van der Waals surface area contributed by atoms with Gasteiger partial charge < -0.3 is 20.1 Å². The summed E-state index contributed by atoms with van der Waals surface area (Å²) >= 11 is 0. The van der Waals surface area contributed by atoms with E-state index in [-0.39, 0.29) is 23.8 Å². The number of nitrogens with one attached hydrogen (secondary N) is 2. The Hall–Kier alpha value is -3.96. The van der Waals surface area contributed by atoms with E-state index in [0.717, 1.165) is 25.0 Å². The van der Waals surface area contributed by atoms with Crippen molar-refractivity contribution in [3.05, 3.63) is 59.7 Å². The van der Waals surface area contributed by atoms with Crippen LogP contribution in [-0.4, -0.2) is 51.1 Å². The van der Waals surface area contributed by atoms with E-state index in [0.29, 0.717) is 30.0 Å². The predicted molar refractivity (Wildman–Crippen MR) is 119 cm³/mol. The molecular formula is C23H23F3N6O3. The summed E-state index contributed by atoms with van der Waals surface area (Å²) in [7, 11) is 0. The quantitative estimate of drug-likeness (QED) is 0.555. The summed E-state index contributed by atoms with van der Waals surface area (Å²) in [5.74, 6) is -1.93. The number of likely N-dealkylation sites (tertiary alicyclic amines) is 1. The first-order chi connectivity index (χ1) is 16.7. The Morgan fingerprint density at radius 3 is 2.57 bits per heavy atom. The Balaban J connectivity index is 1.36. The van der Waals surface area contributed by atoms with Crippen LogP contribution in [0.4, 0.5) is 23.7 Å². The SMILES string of the molecule is Cc1cccc(C(=O)NCC2CCCCN2C(=O)Nc2ccc(-c3noc(C(F)(F)F)n3)cc2)n1. The number of piperidine rings is 1. The summed E-state index contributed by atoms with van der Waals surface area (Å²) in [5, 5.41) is 9.00. The average Bonchev–Trinajstić information content (AvgIpc) is 3.34. The average molecular weight is 488 g/mol. The Bertz CT molecular complexity index is 1200. The molecule has 35 heavy (non-hydrogen) atoms. The fourth-order valence-electron chi connectivity index (χ4n) is 3.80. The van der Waals surface area contributed by atoms with Gasteiger partial charge >= 0.3 is 18.1 Å². The maximum absolute atomic E-state index is 12.9. The molecule has 0 radical (unpaired) electrons. The summed E-state index contributed by atoms with van der Waals surface area (Å²) in [6.45, 7) is 2.63. The van der Waals surface area contributed by atoms with Gasteiger partial charge in [-0.25, -0.2) is 9.78 Å². The molecule has 1 saturated heterocycles. The molecule has 0 saturated carbocycles. The van der Waals surface area contributed by atoms with Gasteiger partial charge in [-0.2, -0.15) is 18.2 Å². The highest BCUT2D eigenvalue weighted by Crippen LogP contribution is 2.29. The first kappa shape index (κ1) is 24.2. The molecule has 1 aliphatic rings. The lowest BCUT2D eigenvalue weighted by Gasteiger charge is -2.35. The van der Waals surface area contributed by atoms with Gasteiger partial charge in [0.2, 0.25) is 5.82 Å². The molecule has 12 heteroatoms. The Labute approximate surface area is 198 Å². The van der Waals surface area contributed by atoms with Gasteiger partial charge in [-0.05, 0) is 62.6 Å². The molecule has 0 spiro atoms. The van der Waals surface area contributed by atoms with E-state index in [4.69, 9.17) is 0 Å². The van der Waals surface area contributed by atoms with Crippen molar-refractivity contribution >= 4 is 17.6 Å². The highest BCUT2D eigenvalue weighted by atomic mass is 19.4. The van der Waals surface area contributed by atoms with Crippen LogP contribution in [0, 0.1) is 6.92 Å². The van der Waals surface area contributed by atoms with Gasteiger partial charge in [0.1, 0.15) is 5.69 Å². The molecule has 9 nitrogen and oxygen atoms in total. The lowest BCUT2D eigenvalue weighted by Crippen LogP contribution is -2.50. The van der Waals surface area contributed by atoms with Crippen LogP contribution in [0.3, 0.4) is 0 Å². The minimum absolute atomic E-state index is 0.183. The van der Waals surface area contributed by atoms with Gasteiger partial charge in [-0.1, -0.05) is 11.2 Å². The Morgan fingerprint density at radius 2 is 1.89 bits per heavy atom. The van der Waals surface area contributed by atoms with Gasteiger partial charge in [0, 0.05) is 30.0 Å². The van der Waals surface area contributed by atoms with Crippen molar-refractivity contribution < 1.29 is 27.3 Å². The van der Waals surface area contributed by atoms with Crippen LogP contribution >= 0.6 is 0 Å². The zero-order chi connectivity index (χ0) is 25.0. The van der Waals surface area contributed by atoms with Crippen molar-refractivity contribution in [2.75, 3.05) is 18.4 Å². The Kier molecular flexibility index (Phi) is 6.99. The van der Waals surface area contributed by atoms with E-state index in [1.54, 1.807) is 42.2 Å². The summed E-state index contributed by atoms with van der Waals surface area (Å²) in [4.78, 5) is 34.6. The monoisotopic (exact) mass is 488 g/mol. The molecule has 2 aromatic heterocycles. The van der Waals surface area contributed by atoms with Crippen molar-refractivity contribution in [3.8, 4) is 11.4 Å². The van der Waals surface area contributed by atoms with Crippen molar-refractivity contribution in [1.82, 2.24) is 25.3 Å². The molecule has 1 fully saturated rings. The third-order valence-electron chi connectivity index (χ3n) is 5.57. The third kappa shape index (κ3) is 5.94. The third-order valence-corrected chi connectivity index (χ3v) is 5.57. The van der Waals surface area contributed by atoms with E-state index in [9.17, 15) is 22.8 Å². The lowest BCUT2D eigenvalue weighted by molar-refractivity contribution is -0.159. The van der Waals surface area contributed by atoms with Crippen LogP contribution in [0.25, 0.3) is 11.4 Å². The minimum atomic E-state index is -4.72. The number of urea groups is 1. The number of benzene rings is 1. The fraction of sp³-hybridized carbons (Fsp3) is 0.348. The number of rotatable bonds is 5. The first-order valence-corrected chi connectivity index (χ1v) is 11.0. The summed E-state index contributed by atoms with van der Waals surface area (Å²) in [6.07, 6.45) is -2.20. The molecule has 184 valence electrons. The van der Waals surface area contributed by atoms with E-state index >= 15 is 0 Å². The number of aromatic nitrogens is 3. The van der Waals surface area contributed by atoms with Gasteiger partial charge in [-0.15, -0.1) is 0 Å². The normalized spacial score (nSPS) is 16.1. The fourth-order valence-corrected chi connectivity index (χ4v) is 3.80. The molecule has 4 rings (SSSR count). The van der Waals surface area contributed by atoms with Crippen LogP contribution in [0.2, 0.25) is 0 Å². The largest absolute Gasteiger partial charge is 0.471 e. The zero-order valence-electron chi connectivity index (χ0n) is 18.8. The molecule has 3 heterocycles. The van der Waals surface area contributed by atoms with Crippen LogP contribution < -0.4 is 10.6 Å². The standard InChI is InChI=1S/C23H23F3N6O3/c1-14-5-4-7-18(28-14)20(33)27-13-17-6-2-3-12-32(17)22(34)29-16-10-8-15(9-11-16)19-30-21(35-31-19)23(24,25)26/h4-5,7-11,17H,2-3,6,12-13H2,1H3,(H,27,33)(H,29,34). The second-order valence-electron chi connectivity index (χ2n) is 8.15. The van der Waals surface area contributed by atoms with Crippen LogP contribution in [0.5, 0.6) is 0 Å². The van der Waals surface area contributed by atoms with E-state index in [1.807, 2.05) is 0 Å². The summed E-state index contributed by atoms with van der Waals surface area (Å²) in [5.41, 5.74) is 1.82. The lowest BCUT2D eigenvalue weighted by atomic mass is 10.0. The van der Waals surface area contributed by atoms with Crippen molar-refractivity contribution in [2.45, 2.75) is 38.4 Å². The van der Waals surface area contributed by atoms with Crippen molar-refractivity contribution in [1.29, 1.82) is 0 Å². The molecule has 1 aromatic carbocycles. The molecule has 3 aromatic rings. The van der Waals surface area contributed by atoms with Gasteiger partial charge in [0.05, 0.1) is 6.04 Å². The molecule has 0 aliphatic carbocycles. The topological polar surface area (TPSA) is 113 Å². The second-order valence-corrected chi connectivity index (χ2v) is 8.15. The number of alkyl halides is 3. The number of pyridine rings is 1. The van der Waals surface area contributed by atoms with Crippen LogP contribution in [0.15, 0.2) is 47.0 Å². The molecule has 3 amide bonds. The van der Waals surface area contributed by atoms with Crippen molar-refractivity contribution in [3.63, 3.8) is 0 Å². The smallest absolute Gasteiger partial charge is 0.349 e. The molecule has 0 bridgehead atoms. The number of hydrogen-bond acceptors (Lipinski definition) is 6. The number of carbonyl (C=O) groups is 2. The molecule has 2 N–H and O–H groups in total. The Morgan fingerprint density at radius 1 is 1.11 bits per heavy atom. The molecular weight excluding hydrogens is 465 g/mol. The highest BCUT2D eigenvalue weighted by molar-refractivity contribution is 5.92. The van der Waals surface area contributed by atoms with Gasteiger partial charge in [0.25, 0.3) is 5.91 Å². The molecule has 1 atom stereocenters.